The van der Waals surface area contributed by atoms with Crippen molar-refractivity contribution in [2.24, 2.45) is 0 Å². The molecule has 0 spiro atoms. The van der Waals surface area contributed by atoms with E-state index in [0.717, 1.165) is 5.56 Å². The summed E-state index contributed by atoms with van der Waals surface area (Å²) < 4.78 is 4.96. The van der Waals surface area contributed by atoms with Crippen molar-refractivity contribution in [2.45, 2.75) is 0 Å². The Morgan fingerprint density at radius 1 is 1.50 bits per heavy atom. The van der Waals surface area contributed by atoms with Crippen molar-refractivity contribution in [3.63, 3.8) is 0 Å². The third-order valence-corrected chi connectivity index (χ3v) is 1.93. The predicted octanol–water partition coefficient (Wildman–Crippen LogP) is 1.74. The zero-order valence-corrected chi connectivity index (χ0v) is 7.31. The lowest BCUT2D eigenvalue weighted by molar-refractivity contribution is 0.112. The molecule has 2 heterocycles. The average Bonchev–Trinajstić information content (AvgIpc) is 2.61. The van der Waals surface area contributed by atoms with Crippen LogP contribution in [-0.4, -0.2) is 11.3 Å². The van der Waals surface area contributed by atoms with Gasteiger partial charge in [0.15, 0.2) is 12.2 Å². The normalized spacial score (nSPS) is 10.0. The number of nitrogens with two attached hydrogens (primary N) is 1. The summed E-state index contributed by atoms with van der Waals surface area (Å²) in [4.78, 5) is 14.6. The van der Waals surface area contributed by atoms with Gasteiger partial charge in [-0.05, 0) is 6.07 Å². The van der Waals surface area contributed by atoms with Crippen LogP contribution < -0.4 is 5.73 Å². The molecule has 2 N–H and O–H groups in total. The van der Waals surface area contributed by atoms with Crippen LogP contribution in [0.15, 0.2) is 35.2 Å². The second kappa shape index (κ2) is 3.33. The van der Waals surface area contributed by atoms with Gasteiger partial charge >= 0.3 is 0 Å². The van der Waals surface area contributed by atoms with Gasteiger partial charge in [-0.2, -0.15) is 0 Å². The van der Waals surface area contributed by atoms with E-state index in [1.807, 2.05) is 6.07 Å². The molecule has 2 rings (SSSR count). The number of anilines is 1. The second-order valence-corrected chi connectivity index (χ2v) is 2.79. The summed E-state index contributed by atoms with van der Waals surface area (Å²) in [6.45, 7) is 0. The maximum atomic E-state index is 10.7. The summed E-state index contributed by atoms with van der Waals surface area (Å²) in [6, 6.07) is 3.59. The van der Waals surface area contributed by atoms with E-state index in [1.165, 1.54) is 6.26 Å². The quantitative estimate of drug-likeness (QED) is 0.728. The number of rotatable bonds is 2. The van der Waals surface area contributed by atoms with Crippen LogP contribution in [0.3, 0.4) is 0 Å². The minimum atomic E-state index is 0.236. The Morgan fingerprint density at radius 3 is 3.00 bits per heavy atom. The highest BCUT2D eigenvalue weighted by molar-refractivity contribution is 5.91. The largest absolute Gasteiger partial charge is 0.448 e. The summed E-state index contributed by atoms with van der Waals surface area (Å²) in [6.07, 6.45) is 5.33. The summed E-state index contributed by atoms with van der Waals surface area (Å²) in [5, 5.41) is 0. The molecule has 0 radical (unpaired) electrons. The zero-order valence-electron chi connectivity index (χ0n) is 7.31. The van der Waals surface area contributed by atoms with E-state index in [4.69, 9.17) is 10.2 Å². The highest BCUT2D eigenvalue weighted by Crippen LogP contribution is 2.29. The molecule has 4 heteroatoms. The fraction of sp³-hybridized carbons (Fsp3) is 0. The van der Waals surface area contributed by atoms with Gasteiger partial charge in [0, 0.05) is 18.0 Å². The molecular weight excluding hydrogens is 180 g/mol. The number of nitrogen functional groups attached to an aromatic ring is 1. The van der Waals surface area contributed by atoms with Gasteiger partial charge < -0.3 is 10.2 Å². The first-order valence-electron chi connectivity index (χ1n) is 4.05. The van der Waals surface area contributed by atoms with Gasteiger partial charge in [0.05, 0.1) is 11.1 Å². The molecule has 0 aliphatic rings. The van der Waals surface area contributed by atoms with Crippen LogP contribution in [0.25, 0.3) is 11.1 Å². The van der Waals surface area contributed by atoms with Gasteiger partial charge in [-0.3, -0.25) is 9.78 Å². The summed E-state index contributed by atoms with van der Waals surface area (Å²) in [7, 11) is 0. The van der Waals surface area contributed by atoms with Gasteiger partial charge in [0.25, 0.3) is 0 Å². The number of hydrogen-bond acceptors (Lipinski definition) is 4. The van der Waals surface area contributed by atoms with E-state index in [1.54, 1.807) is 18.5 Å². The van der Waals surface area contributed by atoms with Crippen LogP contribution in [0.1, 0.15) is 10.4 Å². The summed E-state index contributed by atoms with van der Waals surface area (Å²) >= 11 is 0. The van der Waals surface area contributed by atoms with Crippen molar-refractivity contribution in [2.75, 3.05) is 5.73 Å². The summed E-state index contributed by atoms with van der Waals surface area (Å²) in [5.41, 5.74) is 7.42. The van der Waals surface area contributed by atoms with Crippen molar-refractivity contribution in [3.8, 4) is 11.1 Å². The molecule has 0 aliphatic heterocycles. The van der Waals surface area contributed by atoms with Crippen LogP contribution in [0.2, 0.25) is 0 Å². The molecule has 0 aliphatic carbocycles. The Kier molecular flexibility index (Phi) is 2.02. The van der Waals surface area contributed by atoms with Crippen LogP contribution in [-0.2, 0) is 0 Å². The van der Waals surface area contributed by atoms with Crippen molar-refractivity contribution in [1.82, 2.24) is 4.98 Å². The monoisotopic (exact) mass is 188 g/mol. The van der Waals surface area contributed by atoms with Crippen LogP contribution in [0, 0.1) is 0 Å². The minimum Gasteiger partial charge on any atom is -0.448 e. The molecule has 70 valence electrons. The Hall–Kier alpha value is -2.10. The Balaban J connectivity index is 2.61. The Labute approximate surface area is 80.4 Å². The molecule has 0 unspecified atom stereocenters. The zero-order chi connectivity index (χ0) is 9.97. The molecule has 0 saturated carbocycles. The lowest BCUT2D eigenvalue weighted by Gasteiger charge is -1.98. The highest BCUT2D eigenvalue weighted by atomic mass is 16.3. The Morgan fingerprint density at radius 2 is 2.36 bits per heavy atom. The van der Waals surface area contributed by atoms with Crippen molar-refractivity contribution in [3.05, 3.63) is 36.4 Å². The SMILES string of the molecule is Nc1occ(C=O)c1-c1cccnc1. The third-order valence-electron chi connectivity index (χ3n) is 1.93. The van der Waals surface area contributed by atoms with Crippen LogP contribution in [0.5, 0.6) is 0 Å². The molecule has 2 aromatic rings. The number of nitrogens with zero attached hydrogens (tertiary/aromatic N) is 1. The molecule has 0 fully saturated rings. The smallest absolute Gasteiger partial charge is 0.198 e. The number of aromatic nitrogens is 1. The van der Waals surface area contributed by atoms with Gasteiger partial charge in [0.2, 0.25) is 0 Å². The first kappa shape index (κ1) is 8.50. The molecule has 2 aromatic heterocycles. The van der Waals surface area contributed by atoms with Crippen molar-refractivity contribution < 1.29 is 9.21 Å². The molecule has 0 bridgehead atoms. The van der Waals surface area contributed by atoms with E-state index < -0.39 is 0 Å². The van der Waals surface area contributed by atoms with E-state index in [2.05, 4.69) is 4.98 Å². The highest BCUT2D eigenvalue weighted by Gasteiger charge is 2.12. The molecule has 0 saturated heterocycles. The van der Waals surface area contributed by atoms with E-state index >= 15 is 0 Å². The number of pyridine rings is 1. The third kappa shape index (κ3) is 1.26. The van der Waals surface area contributed by atoms with Gasteiger partial charge in [-0.15, -0.1) is 0 Å². The lowest BCUT2D eigenvalue weighted by atomic mass is 10.1. The number of carbonyl (C=O) groups is 1. The van der Waals surface area contributed by atoms with E-state index in [0.29, 0.717) is 17.4 Å². The van der Waals surface area contributed by atoms with Crippen LogP contribution in [0.4, 0.5) is 5.88 Å². The molecule has 14 heavy (non-hydrogen) atoms. The van der Waals surface area contributed by atoms with Crippen molar-refractivity contribution in [1.29, 1.82) is 0 Å². The maximum Gasteiger partial charge on any atom is 0.198 e. The second-order valence-electron chi connectivity index (χ2n) is 2.79. The molecular formula is C10H8N2O2. The molecule has 0 aromatic carbocycles. The fourth-order valence-corrected chi connectivity index (χ4v) is 1.29. The summed E-state index contributed by atoms with van der Waals surface area (Å²) in [5.74, 6) is 0.236. The number of aldehydes is 1. The van der Waals surface area contributed by atoms with Crippen molar-refractivity contribution >= 4 is 12.2 Å². The number of carbonyl (C=O) groups excluding carboxylic acids is 1. The number of furan rings is 1. The topological polar surface area (TPSA) is 69.1 Å². The minimum absolute atomic E-state index is 0.236. The molecule has 4 nitrogen and oxygen atoms in total. The van der Waals surface area contributed by atoms with Gasteiger partial charge in [-0.1, -0.05) is 6.07 Å². The van der Waals surface area contributed by atoms with Gasteiger partial charge in [-0.25, -0.2) is 0 Å². The first-order valence-corrected chi connectivity index (χ1v) is 4.05. The number of hydrogen-bond donors (Lipinski definition) is 1. The average molecular weight is 188 g/mol. The maximum absolute atomic E-state index is 10.7. The van der Waals surface area contributed by atoms with E-state index in [-0.39, 0.29) is 5.88 Å². The Bertz CT molecular complexity index is 448. The molecule has 0 atom stereocenters. The standard InChI is InChI=1S/C10H8N2O2/c11-10-9(8(5-13)6-14-10)7-2-1-3-12-4-7/h1-6H,11H2. The van der Waals surface area contributed by atoms with E-state index in [9.17, 15) is 4.79 Å². The predicted molar refractivity (Wildman–Crippen MR) is 51.7 cm³/mol. The van der Waals surface area contributed by atoms with Gasteiger partial charge in [0.1, 0.15) is 6.26 Å². The lowest BCUT2D eigenvalue weighted by Crippen LogP contribution is -1.88. The first-order chi connectivity index (χ1) is 6.83. The van der Waals surface area contributed by atoms with Crippen LogP contribution >= 0.6 is 0 Å². The fourth-order valence-electron chi connectivity index (χ4n) is 1.29. The molecule has 0 amide bonds.